The number of carbonyl (C=O) groups is 1. The highest BCUT2D eigenvalue weighted by molar-refractivity contribution is 7.22. The number of benzene rings is 1. The number of fused-ring (bicyclic) bond motifs is 1. The van der Waals surface area contributed by atoms with Crippen molar-refractivity contribution >= 4 is 38.3 Å². The Morgan fingerprint density at radius 1 is 1.42 bits per heavy atom. The van der Waals surface area contributed by atoms with E-state index in [1.165, 1.54) is 0 Å². The Morgan fingerprint density at radius 2 is 2.25 bits per heavy atom. The fourth-order valence-electron chi connectivity index (χ4n) is 3.03. The smallest absolute Gasteiger partial charge is 0.241 e. The van der Waals surface area contributed by atoms with Crippen LogP contribution in [0.3, 0.4) is 0 Å². The quantitative estimate of drug-likeness (QED) is 0.760. The number of aliphatic hydroxyl groups is 1. The van der Waals surface area contributed by atoms with Gasteiger partial charge in [-0.2, -0.15) is 0 Å². The molecule has 2 saturated heterocycles. The first kappa shape index (κ1) is 15.8. The van der Waals surface area contributed by atoms with Gasteiger partial charge in [0.1, 0.15) is 0 Å². The first-order valence-electron chi connectivity index (χ1n) is 8.14. The molecule has 8 heteroatoms. The van der Waals surface area contributed by atoms with Crippen molar-refractivity contribution < 1.29 is 14.6 Å². The van der Waals surface area contributed by atoms with E-state index in [2.05, 4.69) is 20.5 Å². The van der Waals surface area contributed by atoms with E-state index in [9.17, 15) is 9.90 Å². The summed E-state index contributed by atoms with van der Waals surface area (Å²) in [6.07, 6.45) is 0.0105. The monoisotopic (exact) mass is 348 g/mol. The molecule has 0 spiro atoms. The second-order valence-corrected chi connectivity index (χ2v) is 7.13. The van der Waals surface area contributed by atoms with Gasteiger partial charge in [0.2, 0.25) is 5.91 Å². The SMILES string of the molecule is O=C(Nc1ccc2nc(N3CCOCC3)sc2c1)C1CC(O)CN1. The highest BCUT2D eigenvalue weighted by Crippen LogP contribution is 2.31. The normalized spacial score (nSPS) is 24.5. The Balaban J connectivity index is 1.49. The van der Waals surface area contributed by atoms with Crippen LogP contribution < -0.4 is 15.5 Å². The highest BCUT2D eigenvalue weighted by Gasteiger charge is 2.28. The number of thiazole rings is 1. The summed E-state index contributed by atoms with van der Waals surface area (Å²) in [6, 6.07) is 5.43. The standard InChI is InChI=1S/C16H20N4O3S/c21-11-8-13(17-9-11)15(22)18-10-1-2-12-14(7-10)24-16(19-12)20-3-5-23-6-4-20/h1-2,7,11,13,17,21H,3-6,8-9H2,(H,18,22). The minimum absolute atomic E-state index is 0.108. The van der Waals surface area contributed by atoms with E-state index < -0.39 is 6.10 Å². The number of hydrogen-bond acceptors (Lipinski definition) is 7. The second-order valence-electron chi connectivity index (χ2n) is 6.12. The number of aromatic nitrogens is 1. The summed E-state index contributed by atoms with van der Waals surface area (Å²) in [6.45, 7) is 3.65. The lowest BCUT2D eigenvalue weighted by Crippen LogP contribution is -2.36. The maximum absolute atomic E-state index is 12.2. The van der Waals surface area contributed by atoms with Crippen LogP contribution in [0.15, 0.2) is 18.2 Å². The van der Waals surface area contributed by atoms with Gasteiger partial charge < -0.3 is 25.4 Å². The number of ether oxygens (including phenoxy) is 1. The lowest BCUT2D eigenvalue weighted by molar-refractivity contribution is -0.117. The van der Waals surface area contributed by atoms with E-state index in [4.69, 9.17) is 4.74 Å². The van der Waals surface area contributed by atoms with Crippen LogP contribution in [0.4, 0.5) is 10.8 Å². The number of hydrogen-bond donors (Lipinski definition) is 3. The molecule has 4 rings (SSSR count). The fraction of sp³-hybridized carbons (Fsp3) is 0.500. The van der Waals surface area contributed by atoms with Crippen molar-refractivity contribution in [2.45, 2.75) is 18.6 Å². The molecule has 2 unspecified atom stereocenters. The molecule has 2 aliphatic heterocycles. The van der Waals surface area contributed by atoms with E-state index >= 15 is 0 Å². The van der Waals surface area contributed by atoms with E-state index in [-0.39, 0.29) is 11.9 Å². The Hall–Kier alpha value is -1.74. The van der Waals surface area contributed by atoms with Crippen LogP contribution in [0.5, 0.6) is 0 Å². The number of nitrogens with zero attached hydrogens (tertiary/aromatic N) is 2. The molecule has 0 bridgehead atoms. The second kappa shape index (κ2) is 6.64. The number of morpholine rings is 1. The molecule has 2 aliphatic rings. The zero-order valence-corrected chi connectivity index (χ0v) is 14.0. The molecule has 0 saturated carbocycles. The minimum Gasteiger partial charge on any atom is -0.392 e. The van der Waals surface area contributed by atoms with Crippen LogP contribution in [0.25, 0.3) is 10.2 Å². The van der Waals surface area contributed by atoms with Gasteiger partial charge in [-0.05, 0) is 24.6 Å². The maximum Gasteiger partial charge on any atom is 0.241 e. The lowest BCUT2D eigenvalue weighted by Gasteiger charge is -2.25. The fourth-order valence-corrected chi connectivity index (χ4v) is 4.08. The molecule has 0 radical (unpaired) electrons. The number of rotatable bonds is 3. The average molecular weight is 348 g/mol. The van der Waals surface area contributed by atoms with Crippen LogP contribution in [0.1, 0.15) is 6.42 Å². The van der Waals surface area contributed by atoms with Crippen LogP contribution in [0.2, 0.25) is 0 Å². The zero-order valence-electron chi connectivity index (χ0n) is 13.2. The van der Waals surface area contributed by atoms with E-state index in [0.717, 1.165) is 47.3 Å². The predicted octanol–water partition coefficient (Wildman–Crippen LogP) is 0.794. The van der Waals surface area contributed by atoms with Crippen LogP contribution in [0, 0.1) is 0 Å². The molecular formula is C16H20N4O3S. The molecule has 3 N–H and O–H groups in total. The Labute approximate surface area is 143 Å². The summed E-state index contributed by atoms with van der Waals surface area (Å²) in [5.74, 6) is -0.108. The van der Waals surface area contributed by atoms with Crippen molar-refractivity contribution in [1.29, 1.82) is 0 Å². The van der Waals surface area contributed by atoms with E-state index in [1.807, 2.05) is 18.2 Å². The molecule has 1 aromatic carbocycles. The summed E-state index contributed by atoms with van der Waals surface area (Å²) in [7, 11) is 0. The molecule has 7 nitrogen and oxygen atoms in total. The number of amides is 1. The topological polar surface area (TPSA) is 86.7 Å². The molecular weight excluding hydrogens is 328 g/mol. The lowest BCUT2D eigenvalue weighted by atomic mass is 10.2. The van der Waals surface area contributed by atoms with Crippen molar-refractivity contribution in [3.63, 3.8) is 0 Å². The summed E-state index contributed by atoms with van der Waals surface area (Å²) in [5.41, 5.74) is 1.70. The van der Waals surface area contributed by atoms with Gasteiger partial charge in [-0.15, -0.1) is 0 Å². The van der Waals surface area contributed by atoms with Crippen molar-refractivity contribution in [3.05, 3.63) is 18.2 Å². The molecule has 128 valence electrons. The first-order chi connectivity index (χ1) is 11.7. The molecule has 24 heavy (non-hydrogen) atoms. The molecule has 2 fully saturated rings. The molecule has 3 heterocycles. The van der Waals surface area contributed by atoms with E-state index in [0.29, 0.717) is 13.0 Å². The Bertz CT molecular complexity index is 744. The van der Waals surface area contributed by atoms with Gasteiger partial charge in [-0.1, -0.05) is 11.3 Å². The predicted molar refractivity (Wildman–Crippen MR) is 93.7 cm³/mol. The number of aliphatic hydroxyl groups excluding tert-OH is 1. The van der Waals surface area contributed by atoms with Crippen molar-refractivity contribution in [3.8, 4) is 0 Å². The number of β-amino-alcohol motifs (C(OH)–C–C–N with tert-alkyl or cyclic N) is 1. The van der Waals surface area contributed by atoms with Gasteiger partial charge >= 0.3 is 0 Å². The largest absolute Gasteiger partial charge is 0.392 e. The Kier molecular flexibility index (Phi) is 4.36. The van der Waals surface area contributed by atoms with Crippen LogP contribution in [-0.2, 0) is 9.53 Å². The van der Waals surface area contributed by atoms with Crippen LogP contribution >= 0.6 is 11.3 Å². The van der Waals surface area contributed by atoms with Gasteiger partial charge in [0.15, 0.2) is 5.13 Å². The maximum atomic E-state index is 12.2. The number of nitrogens with one attached hydrogen (secondary N) is 2. The molecule has 2 aromatic rings. The van der Waals surface area contributed by atoms with Crippen molar-refractivity contribution in [2.75, 3.05) is 43.1 Å². The van der Waals surface area contributed by atoms with Gasteiger partial charge in [-0.25, -0.2) is 4.98 Å². The first-order valence-corrected chi connectivity index (χ1v) is 8.96. The number of anilines is 2. The summed E-state index contributed by atoms with van der Waals surface area (Å²) in [4.78, 5) is 19.1. The number of carbonyl (C=O) groups excluding carboxylic acids is 1. The van der Waals surface area contributed by atoms with Crippen molar-refractivity contribution in [1.82, 2.24) is 10.3 Å². The highest BCUT2D eigenvalue weighted by atomic mass is 32.1. The summed E-state index contributed by atoms with van der Waals surface area (Å²) < 4.78 is 6.43. The zero-order chi connectivity index (χ0) is 16.5. The summed E-state index contributed by atoms with van der Waals surface area (Å²) >= 11 is 1.63. The van der Waals surface area contributed by atoms with Gasteiger partial charge in [0, 0.05) is 25.3 Å². The third-order valence-electron chi connectivity index (χ3n) is 4.35. The molecule has 0 aliphatic carbocycles. The third-order valence-corrected chi connectivity index (χ3v) is 5.43. The van der Waals surface area contributed by atoms with Gasteiger partial charge in [0.25, 0.3) is 0 Å². The molecule has 2 atom stereocenters. The average Bonchev–Trinajstić information content (AvgIpc) is 3.21. The molecule has 1 amide bonds. The van der Waals surface area contributed by atoms with Gasteiger partial charge in [0.05, 0.1) is 35.6 Å². The van der Waals surface area contributed by atoms with E-state index in [1.54, 1.807) is 11.3 Å². The summed E-state index contributed by atoms with van der Waals surface area (Å²) in [5, 5.41) is 16.5. The van der Waals surface area contributed by atoms with Crippen LogP contribution in [-0.4, -0.2) is 61.0 Å². The van der Waals surface area contributed by atoms with Crippen molar-refractivity contribution in [2.24, 2.45) is 0 Å². The Morgan fingerprint density at radius 3 is 3.00 bits per heavy atom. The third kappa shape index (κ3) is 3.23. The van der Waals surface area contributed by atoms with Gasteiger partial charge in [-0.3, -0.25) is 4.79 Å². The molecule has 1 aromatic heterocycles. The minimum atomic E-state index is -0.444.